The number of hydrogen-bond donors (Lipinski definition) is 2. The molecule has 0 fully saturated rings. The van der Waals surface area contributed by atoms with Gasteiger partial charge < -0.3 is 5.73 Å². The summed E-state index contributed by atoms with van der Waals surface area (Å²) in [5, 5.41) is 6.97. The van der Waals surface area contributed by atoms with E-state index in [1.54, 1.807) is 6.07 Å². The van der Waals surface area contributed by atoms with Gasteiger partial charge in [0.05, 0.1) is 5.69 Å². The molecule has 0 spiro atoms. The molecule has 2 aromatic rings. The fourth-order valence-electron chi connectivity index (χ4n) is 2.01. The van der Waals surface area contributed by atoms with Crippen molar-refractivity contribution < 1.29 is 4.39 Å². The molecular weight excluding hydrogens is 217 g/mol. The highest BCUT2D eigenvalue weighted by atomic mass is 19.1. The second kappa shape index (κ2) is 4.57. The zero-order valence-electron chi connectivity index (χ0n) is 10.0. The van der Waals surface area contributed by atoms with E-state index < -0.39 is 0 Å². The fourth-order valence-corrected chi connectivity index (χ4v) is 2.01. The summed E-state index contributed by atoms with van der Waals surface area (Å²) in [4.78, 5) is 0. The summed E-state index contributed by atoms with van der Waals surface area (Å²) in [5.74, 6) is 0.307. The van der Waals surface area contributed by atoms with Crippen LogP contribution in [0.25, 0.3) is 11.3 Å². The molecular formula is C13H16FN3. The monoisotopic (exact) mass is 233 g/mol. The summed E-state index contributed by atoms with van der Waals surface area (Å²) >= 11 is 0. The minimum absolute atomic E-state index is 0.226. The molecule has 0 aliphatic heterocycles. The van der Waals surface area contributed by atoms with E-state index in [-0.39, 0.29) is 5.82 Å². The van der Waals surface area contributed by atoms with Crippen molar-refractivity contribution in [2.75, 3.05) is 5.73 Å². The molecule has 1 aromatic heterocycles. The lowest BCUT2D eigenvalue weighted by molar-refractivity contribution is 0.627. The van der Waals surface area contributed by atoms with E-state index in [4.69, 9.17) is 5.73 Å². The third kappa shape index (κ3) is 2.16. The lowest BCUT2D eigenvalue weighted by Crippen LogP contribution is -1.94. The van der Waals surface area contributed by atoms with Gasteiger partial charge in [0.2, 0.25) is 0 Å². The third-order valence-electron chi connectivity index (χ3n) is 2.86. The Bertz CT molecular complexity index is 531. The maximum atomic E-state index is 13.1. The minimum Gasteiger partial charge on any atom is -0.382 e. The highest BCUT2D eigenvalue weighted by Crippen LogP contribution is 2.29. The van der Waals surface area contributed by atoms with Crippen LogP contribution in [-0.4, -0.2) is 10.2 Å². The largest absolute Gasteiger partial charge is 0.382 e. The van der Waals surface area contributed by atoms with Crippen LogP contribution in [0.2, 0.25) is 0 Å². The van der Waals surface area contributed by atoms with Crippen LogP contribution < -0.4 is 5.73 Å². The van der Waals surface area contributed by atoms with Crippen molar-refractivity contribution in [2.45, 2.75) is 26.7 Å². The van der Waals surface area contributed by atoms with Gasteiger partial charge in [-0.2, -0.15) is 5.10 Å². The van der Waals surface area contributed by atoms with Crippen LogP contribution in [0.4, 0.5) is 10.2 Å². The van der Waals surface area contributed by atoms with Crippen molar-refractivity contribution in [3.63, 3.8) is 0 Å². The molecule has 4 heteroatoms. The standard InChI is InChI=1S/C13H16FN3/c1-3-4-11-12(16-17-13(11)15)10-6-5-9(14)7-8(10)2/h5-7H,3-4H2,1-2H3,(H3,15,16,17). The van der Waals surface area contributed by atoms with E-state index in [1.807, 2.05) is 6.92 Å². The van der Waals surface area contributed by atoms with Gasteiger partial charge in [-0.3, -0.25) is 5.10 Å². The lowest BCUT2D eigenvalue weighted by Gasteiger charge is -2.06. The number of anilines is 1. The van der Waals surface area contributed by atoms with Gasteiger partial charge in [0.15, 0.2) is 0 Å². The van der Waals surface area contributed by atoms with Crippen LogP contribution in [-0.2, 0) is 6.42 Å². The molecule has 0 amide bonds. The predicted molar refractivity (Wildman–Crippen MR) is 67.1 cm³/mol. The van der Waals surface area contributed by atoms with Crippen molar-refractivity contribution in [3.8, 4) is 11.3 Å². The third-order valence-corrected chi connectivity index (χ3v) is 2.86. The first-order valence-electron chi connectivity index (χ1n) is 5.72. The highest BCUT2D eigenvalue weighted by molar-refractivity contribution is 5.70. The molecule has 0 bridgehead atoms. The maximum absolute atomic E-state index is 13.1. The van der Waals surface area contributed by atoms with Gasteiger partial charge in [0.25, 0.3) is 0 Å². The molecule has 2 rings (SSSR count). The Morgan fingerprint density at radius 3 is 2.82 bits per heavy atom. The zero-order valence-corrected chi connectivity index (χ0v) is 10.0. The first kappa shape index (κ1) is 11.6. The number of aromatic amines is 1. The van der Waals surface area contributed by atoms with Gasteiger partial charge in [-0.1, -0.05) is 13.3 Å². The first-order valence-corrected chi connectivity index (χ1v) is 5.72. The average molecular weight is 233 g/mol. The van der Waals surface area contributed by atoms with Crippen molar-refractivity contribution in [1.82, 2.24) is 10.2 Å². The number of rotatable bonds is 3. The number of hydrogen-bond acceptors (Lipinski definition) is 2. The van der Waals surface area contributed by atoms with Crippen LogP contribution in [0, 0.1) is 12.7 Å². The Balaban J connectivity index is 2.52. The molecule has 0 saturated carbocycles. The molecule has 1 heterocycles. The molecule has 0 aliphatic carbocycles. The number of halogens is 1. The minimum atomic E-state index is -0.226. The second-order valence-corrected chi connectivity index (χ2v) is 4.17. The summed E-state index contributed by atoms with van der Waals surface area (Å²) in [7, 11) is 0. The fraction of sp³-hybridized carbons (Fsp3) is 0.308. The second-order valence-electron chi connectivity index (χ2n) is 4.17. The highest BCUT2D eigenvalue weighted by Gasteiger charge is 2.13. The van der Waals surface area contributed by atoms with Crippen molar-refractivity contribution in [2.24, 2.45) is 0 Å². The smallest absolute Gasteiger partial charge is 0.149 e. The molecule has 0 saturated heterocycles. The topological polar surface area (TPSA) is 54.7 Å². The quantitative estimate of drug-likeness (QED) is 0.856. The normalized spacial score (nSPS) is 10.8. The summed E-state index contributed by atoms with van der Waals surface area (Å²) in [6.45, 7) is 3.97. The van der Waals surface area contributed by atoms with Crippen molar-refractivity contribution in [3.05, 3.63) is 35.1 Å². The number of nitrogens with two attached hydrogens (primary N) is 1. The number of nitrogens with one attached hydrogen (secondary N) is 1. The van der Waals surface area contributed by atoms with Crippen LogP contribution >= 0.6 is 0 Å². The van der Waals surface area contributed by atoms with Crippen molar-refractivity contribution in [1.29, 1.82) is 0 Å². The number of aryl methyl sites for hydroxylation is 1. The van der Waals surface area contributed by atoms with Gasteiger partial charge in [-0.25, -0.2) is 4.39 Å². The first-order chi connectivity index (χ1) is 8.13. The Hall–Kier alpha value is -1.84. The van der Waals surface area contributed by atoms with Crippen molar-refractivity contribution >= 4 is 5.82 Å². The van der Waals surface area contributed by atoms with E-state index in [0.29, 0.717) is 5.82 Å². The number of nitrogen functional groups attached to an aromatic ring is 1. The van der Waals surface area contributed by atoms with Crippen LogP contribution in [0.5, 0.6) is 0 Å². The van der Waals surface area contributed by atoms with Gasteiger partial charge in [0, 0.05) is 11.1 Å². The molecule has 1 aromatic carbocycles. The lowest BCUT2D eigenvalue weighted by atomic mass is 10.00. The molecule has 3 nitrogen and oxygen atoms in total. The summed E-state index contributed by atoms with van der Waals surface area (Å²) < 4.78 is 13.1. The SMILES string of the molecule is CCCc1c(N)n[nH]c1-c1ccc(F)cc1C. The Morgan fingerprint density at radius 1 is 1.41 bits per heavy atom. The molecule has 0 aliphatic rings. The number of nitrogens with zero attached hydrogens (tertiary/aromatic N) is 1. The number of aromatic nitrogens is 2. The molecule has 17 heavy (non-hydrogen) atoms. The van der Waals surface area contributed by atoms with Gasteiger partial charge >= 0.3 is 0 Å². The van der Waals surface area contributed by atoms with E-state index in [0.717, 1.165) is 35.2 Å². The van der Waals surface area contributed by atoms with E-state index in [2.05, 4.69) is 17.1 Å². The molecule has 3 N–H and O–H groups in total. The molecule has 90 valence electrons. The Morgan fingerprint density at radius 2 is 2.18 bits per heavy atom. The Labute approximate surface area is 99.9 Å². The molecule has 0 unspecified atom stereocenters. The number of benzene rings is 1. The Kier molecular flexibility index (Phi) is 3.13. The van der Waals surface area contributed by atoms with Gasteiger partial charge in [-0.05, 0) is 37.1 Å². The average Bonchev–Trinajstić information content (AvgIpc) is 2.62. The van der Waals surface area contributed by atoms with Gasteiger partial charge in [-0.15, -0.1) is 0 Å². The van der Waals surface area contributed by atoms with Gasteiger partial charge in [0.1, 0.15) is 11.6 Å². The maximum Gasteiger partial charge on any atom is 0.149 e. The van der Waals surface area contributed by atoms with Crippen LogP contribution in [0.1, 0.15) is 24.5 Å². The summed E-state index contributed by atoms with van der Waals surface area (Å²) in [6.07, 6.45) is 1.87. The number of H-pyrrole nitrogens is 1. The predicted octanol–water partition coefficient (Wildman–Crippen LogP) is 3.06. The molecule has 0 radical (unpaired) electrons. The van der Waals surface area contributed by atoms with E-state index in [9.17, 15) is 4.39 Å². The molecule has 0 atom stereocenters. The van der Waals surface area contributed by atoms with E-state index >= 15 is 0 Å². The summed E-state index contributed by atoms with van der Waals surface area (Å²) in [6, 6.07) is 4.73. The summed E-state index contributed by atoms with van der Waals surface area (Å²) in [5.41, 5.74) is 9.59. The zero-order chi connectivity index (χ0) is 12.4. The van der Waals surface area contributed by atoms with Crippen LogP contribution in [0.3, 0.4) is 0 Å². The van der Waals surface area contributed by atoms with E-state index in [1.165, 1.54) is 12.1 Å². The van der Waals surface area contributed by atoms with Crippen LogP contribution in [0.15, 0.2) is 18.2 Å².